The number of aliphatic hydroxyl groups is 2. The van der Waals surface area contributed by atoms with Crippen LogP contribution in [-0.2, 0) is 36.8 Å². The molecule has 47 heavy (non-hydrogen) atoms. The summed E-state index contributed by atoms with van der Waals surface area (Å²) in [5, 5.41) is 22.2. The maximum Gasteiger partial charge on any atom is 0.339 e. The lowest BCUT2D eigenvalue weighted by Gasteiger charge is -2.39. The molecule has 0 amide bonds. The molecule has 0 radical (unpaired) electrons. The molecule has 1 aliphatic carbocycles. The number of carbonyl (C=O) groups is 2. The quantitative estimate of drug-likeness (QED) is 0.321. The van der Waals surface area contributed by atoms with Crippen molar-refractivity contribution in [3.63, 3.8) is 0 Å². The Kier molecular flexibility index (Phi) is 9.17. The first-order chi connectivity index (χ1) is 22.4. The zero-order valence-electron chi connectivity index (χ0n) is 27.6. The Labute approximate surface area is 275 Å². The fourth-order valence-electron chi connectivity index (χ4n) is 7.57. The minimum atomic E-state index is -2.20. The first-order valence-corrected chi connectivity index (χ1v) is 16.3. The summed E-state index contributed by atoms with van der Waals surface area (Å²) in [6.45, 7) is 5.13. The summed E-state index contributed by atoms with van der Waals surface area (Å²) >= 11 is 0. The summed E-state index contributed by atoms with van der Waals surface area (Å²) in [4.78, 5) is 29.7. The van der Waals surface area contributed by atoms with E-state index >= 15 is 0 Å². The molecule has 6 rings (SSSR count). The third-order valence-corrected chi connectivity index (χ3v) is 9.95. The summed E-state index contributed by atoms with van der Waals surface area (Å²) in [7, 11) is 3.12. The molecule has 3 aliphatic heterocycles. The van der Waals surface area contributed by atoms with Crippen molar-refractivity contribution >= 4 is 11.9 Å². The second-order valence-electron chi connectivity index (χ2n) is 13.7. The number of fused-ring (bicyclic) bond motifs is 3. The number of benzene rings is 2. The van der Waals surface area contributed by atoms with Crippen LogP contribution in [0.25, 0.3) is 0 Å². The Hall–Kier alpha value is -3.80. The van der Waals surface area contributed by atoms with E-state index in [1.54, 1.807) is 52.3 Å². The van der Waals surface area contributed by atoms with Crippen LogP contribution in [0.1, 0.15) is 75.0 Å². The predicted octanol–water partition coefficient (Wildman–Crippen LogP) is 4.16. The van der Waals surface area contributed by atoms with Gasteiger partial charge in [0.2, 0.25) is 6.79 Å². The van der Waals surface area contributed by atoms with Crippen molar-refractivity contribution in [3.05, 3.63) is 64.9 Å². The molecule has 11 heteroatoms. The van der Waals surface area contributed by atoms with E-state index in [0.29, 0.717) is 29.4 Å². The molecule has 3 heterocycles. The normalized spacial score (nSPS) is 24.3. The van der Waals surface area contributed by atoms with E-state index in [2.05, 4.69) is 11.0 Å². The van der Waals surface area contributed by atoms with Crippen LogP contribution in [0.3, 0.4) is 0 Å². The second kappa shape index (κ2) is 13.0. The van der Waals surface area contributed by atoms with E-state index in [1.165, 1.54) is 0 Å². The largest absolute Gasteiger partial charge is 0.497 e. The van der Waals surface area contributed by atoms with Gasteiger partial charge in [0.05, 0.1) is 37.7 Å². The number of carbonyl (C=O) groups excluding carboxylic acids is 2. The van der Waals surface area contributed by atoms with E-state index < -0.39 is 41.2 Å². The van der Waals surface area contributed by atoms with Gasteiger partial charge in [-0.3, -0.25) is 9.69 Å². The first-order valence-electron chi connectivity index (χ1n) is 16.3. The van der Waals surface area contributed by atoms with Gasteiger partial charge in [-0.2, -0.15) is 0 Å². The molecule has 11 nitrogen and oxygen atoms in total. The average Bonchev–Trinajstić information content (AvgIpc) is 3.73. The van der Waals surface area contributed by atoms with Crippen molar-refractivity contribution in [2.24, 2.45) is 0 Å². The van der Waals surface area contributed by atoms with Gasteiger partial charge in [-0.15, -0.1) is 0 Å². The SMILES string of the molecule is COC1=C[C@@]23CCCN2CCc2cc4c(cc2[C@@H]3C1OC(=O)[C@@](O)(CCCC(C)(C)O)CC(=O)OCc1ccc(OC)cc1)OCO4. The average molecular weight is 652 g/mol. The van der Waals surface area contributed by atoms with E-state index in [-0.39, 0.29) is 32.2 Å². The summed E-state index contributed by atoms with van der Waals surface area (Å²) in [5.41, 5.74) is -0.870. The number of rotatable bonds is 12. The molecule has 2 aromatic rings. The number of esters is 2. The zero-order valence-corrected chi connectivity index (χ0v) is 27.6. The molecule has 4 atom stereocenters. The van der Waals surface area contributed by atoms with Gasteiger partial charge in [0.1, 0.15) is 18.1 Å². The van der Waals surface area contributed by atoms with Crippen molar-refractivity contribution in [2.75, 3.05) is 34.1 Å². The number of ether oxygens (including phenoxy) is 6. The molecule has 0 aromatic heterocycles. The van der Waals surface area contributed by atoms with Gasteiger partial charge in [-0.1, -0.05) is 12.1 Å². The Morgan fingerprint density at radius 2 is 1.77 bits per heavy atom. The van der Waals surface area contributed by atoms with Crippen molar-refractivity contribution in [1.29, 1.82) is 0 Å². The molecule has 2 N–H and O–H groups in total. The highest BCUT2D eigenvalue weighted by atomic mass is 16.7. The summed E-state index contributed by atoms with van der Waals surface area (Å²) in [6.07, 6.45) is 3.70. The van der Waals surface area contributed by atoms with Crippen molar-refractivity contribution in [1.82, 2.24) is 4.90 Å². The minimum absolute atomic E-state index is 0.0376. The monoisotopic (exact) mass is 651 g/mol. The van der Waals surface area contributed by atoms with Crippen LogP contribution < -0.4 is 14.2 Å². The Morgan fingerprint density at radius 3 is 2.47 bits per heavy atom. The Morgan fingerprint density at radius 1 is 1.02 bits per heavy atom. The van der Waals surface area contributed by atoms with Crippen LogP contribution in [0, 0.1) is 0 Å². The number of hydrogen-bond donors (Lipinski definition) is 2. The van der Waals surface area contributed by atoms with Gasteiger partial charge in [0, 0.05) is 6.54 Å². The maximum atomic E-state index is 14.2. The van der Waals surface area contributed by atoms with E-state index in [0.717, 1.165) is 49.0 Å². The number of nitrogens with zero attached hydrogens (tertiary/aromatic N) is 1. The summed E-state index contributed by atoms with van der Waals surface area (Å²) < 4.78 is 34.3. The van der Waals surface area contributed by atoms with Gasteiger partial charge in [0.25, 0.3) is 0 Å². The third-order valence-electron chi connectivity index (χ3n) is 9.95. The Balaban J connectivity index is 1.27. The number of methoxy groups -OCH3 is 2. The highest BCUT2D eigenvalue weighted by molar-refractivity contribution is 5.86. The molecule has 0 saturated carbocycles. The standard InChI is InChI=1S/C36H45NO10/c1-34(2,40)12-5-14-36(41,20-30(38)44-21-23-7-9-25(42-3)10-8-23)33(39)47-32-29(43-4)19-35-13-6-15-37(35)16-11-24-17-27-28(46-22-45-27)18-26(24)31(32)35/h7-10,17-19,31-32,40-41H,5-6,11-16,20-22H2,1-4H3/t31-,32?,35-,36-/m1/s1. The van der Waals surface area contributed by atoms with Gasteiger partial charge < -0.3 is 38.6 Å². The fourth-order valence-corrected chi connectivity index (χ4v) is 7.57. The molecule has 1 saturated heterocycles. The van der Waals surface area contributed by atoms with Crippen molar-refractivity contribution < 1.29 is 48.2 Å². The van der Waals surface area contributed by atoms with Crippen LogP contribution >= 0.6 is 0 Å². The molecular weight excluding hydrogens is 606 g/mol. The van der Waals surface area contributed by atoms with Gasteiger partial charge >= 0.3 is 11.9 Å². The third kappa shape index (κ3) is 6.66. The number of hydrogen-bond acceptors (Lipinski definition) is 11. The van der Waals surface area contributed by atoms with Crippen LogP contribution in [0.2, 0.25) is 0 Å². The van der Waals surface area contributed by atoms with Crippen LogP contribution in [0.15, 0.2) is 48.2 Å². The van der Waals surface area contributed by atoms with Gasteiger partial charge in [0.15, 0.2) is 23.2 Å². The molecule has 1 fully saturated rings. The lowest BCUT2D eigenvalue weighted by molar-refractivity contribution is -0.179. The highest BCUT2D eigenvalue weighted by Crippen LogP contribution is 2.55. The molecule has 4 aliphatic rings. The lowest BCUT2D eigenvalue weighted by Crippen LogP contribution is -2.49. The summed E-state index contributed by atoms with van der Waals surface area (Å²) in [5.74, 6) is 0.494. The van der Waals surface area contributed by atoms with E-state index in [1.807, 2.05) is 12.1 Å². The van der Waals surface area contributed by atoms with E-state index in [9.17, 15) is 19.8 Å². The molecule has 2 aromatic carbocycles. The van der Waals surface area contributed by atoms with Crippen LogP contribution in [-0.4, -0.2) is 84.0 Å². The van der Waals surface area contributed by atoms with E-state index in [4.69, 9.17) is 28.4 Å². The molecular formula is C36H45NO10. The smallest absolute Gasteiger partial charge is 0.339 e. The maximum absolute atomic E-state index is 14.2. The van der Waals surface area contributed by atoms with Crippen molar-refractivity contribution in [2.45, 2.75) is 94.2 Å². The van der Waals surface area contributed by atoms with Gasteiger partial charge in [-0.05, 0) is 106 Å². The molecule has 1 unspecified atom stereocenters. The highest BCUT2D eigenvalue weighted by Gasteiger charge is 2.59. The topological polar surface area (TPSA) is 133 Å². The van der Waals surface area contributed by atoms with Crippen LogP contribution in [0.5, 0.6) is 17.2 Å². The minimum Gasteiger partial charge on any atom is -0.497 e. The zero-order chi connectivity index (χ0) is 33.4. The van der Waals surface area contributed by atoms with Crippen LogP contribution in [0.4, 0.5) is 0 Å². The first kappa shape index (κ1) is 33.1. The van der Waals surface area contributed by atoms with Gasteiger partial charge in [-0.25, -0.2) is 4.79 Å². The Bertz CT molecular complexity index is 1510. The van der Waals surface area contributed by atoms with Crippen molar-refractivity contribution in [3.8, 4) is 17.2 Å². The summed E-state index contributed by atoms with van der Waals surface area (Å²) in [6, 6.07) is 11.1. The lowest BCUT2D eigenvalue weighted by atomic mass is 9.77. The predicted molar refractivity (Wildman–Crippen MR) is 170 cm³/mol. The molecule has 254 valence electrons. The second-order valence-corrected chi connectivity index (χ2v) is 13.7. The fraction of sp³-hybridized carbons (Fsp3) is 0.556. The molecule has 0 bridgehead atoms. The molecule has 1 spiro atoms.